The summed E-state index contributed by atoms with van der Waals surface area (Å²) in [5, 5.41) is 2.69. The molecule has 1 atom stereocenters. The molecule has 1 aromatic carbocycles. The molecular formula is C13H17NO2. The van der Waals surface area contributed by atoms with Gasteiger partial charge in [0.15, 0.2) is 0 Å². The van der Waals surface area contributed by atoms with Gasteiger partial charge in [-0.25, -0.2) is 0 Å². The van der Waals surface area contributed by atoms with Crippen LogP contribution in [0.2, 0.25) is 0 Å². The lowest BCUT2D eigenvalue weighted by molar-refractivity contribution is -0.110. The SMILES string of the molecule is Cc1ccc(C(=O)NC(C=O)C(C)C)cc1. The van der Waals surface area contributed by atoms with Crippen LogP contribution in [0.25, 0.3) is 0 Å². The van der Waals surface area contributed by atoms with Crippen molar-refractivity contribution < 1.29 is 9.59 Å². The van der Waals surface area contributed by atoms with E-state index in [0.29, 0.717) is 5.56 Å². The first-order valence-electron chi connectivity index (χ1n) is 5.37. The summed E-state index contributed by atoms with van der Waals surface area (Å²) in [5.41, 5.74) is 1.69. The van der Waals surface area contributed by atoms with Crippen molar-refractivity contribution in [3.8, 4) is 0 Å². The number of aldehydes is 1. The van der Waals surface area contributed by atoms with Gasteiger partial charge < -0.3 is 10.1 Å². The van der Waals surface area contributed by atoms with Gasteiger partial charge in [0.2, 0.25) is 0 Å². The largest absolute Gasteiger partial charge is 0.342 e. The highest BCUT2D eigenvalue weighted by Crippen LogP contribution is 2.05. The highest BCUT2D eigenvalue weighted by Gasteiger charge is 2.15. The van der Waals surface area contributed by atoms with Gasteiger partial charge >= 0.3 is 0 Å². The molecule has 16 heavy (non-hydrogen) atoms. The van der Waals surface area contributed by atoms with Crippen molar-refractivity contribution in [3.63, 3.8) is 0 Å². The van der Waals surface area contributed by atoms with Crippen molar-refractivity contribution >= 4 is 12.2 Å². The molecule has 1 unspecified atom stereocenters. The molecule has 0 aliphatic carbocycles. The van der Waals surface area contributed by atoms with Crippen LogP contribution >= 0.6 is 0 Å². The minimum atomic E-state index is -0.422. The fourth-order valence-corrected chi connectivity index (χ4v) is 1.30. The number of hydrogen-bond donors (Lipinski definition) is 1. The summed E-state index contributed by atoms with van der Waals surface area (Å²) in [4.78, 5) is 22.5. The van der Waals surface area contributed by atoms with Crippen LogP contribution in [0.4, 0.5) is 0 Å². The highest BCUT2D eigenvalue weighted by atomic mass is 16.2. The second-order valence-corrected chi connectivity index (χ2v) is 4.25. The Balaban J connectivity index is 2.71. The zero-order valence-corrected chi connectivity index (χ0v) is 9.86. The maximum atomic E-state index is 11.8. The van der Waals surface area contributed by atoms with E-state index in [1.54, 1.807) is 12.1 Å². The van der Waals surface area contributed by atoms with Crippen LogP contribution in [0.1, 0.15) is 29.8 Å². The third-order valence-corrected chi connectivity index (χ3v) is 2.48. The van der Waals surface area contributed by atoms with E-state index >= 15 is 0 Å². The third kappa shape index (κ3) is 3.19. The Morgan fingerprint density at radius 1 is 1.25 bits per heavy atom. The van der Waals surface area contributed by atoms with E-state index in [1.807, 2.05) is 32.9 Å². The van der Waals surface area contributed by atoms with Crippen LogP contribution in [-0.4, -0.2) is 18.2 Å². The maximum Gasteiger partial charge on any atom is 0.251 e. The fraction of sp³-hybridized carbons (Fsp3) is 0.385. The molecule has 1 rings (SSSR count). The van der Waals surface area contributed by atoms with Gasteiger partial charge in [0.05, 0.1) is 6.04 Å². The normalized spacial score (nSPS) is 12.2. The number of rotatable bonds is 4. The lowest BCUT2D eigenvalue weighted by atomic mass is 10.1. The lowest BCUT2D eigenvalue weighted by Crippen LogP contribution is -2.39. The molecule has 1 N–H and O–H groups in total. The van der Waals surface area contributed by atoms with E-state index in [4.69, 9.17) is 0 Å². The Morgan fingerprint density at radius 2 is 1.81 bits per heavy atom. The van der Waals surface area contributed by atoms with E-state index in [0.717, 1.165) is 11.8 Å². The molecule has 0 aliphatic heterocycles. The molecule has 3 heteroatoms. The molecular weight excluding hydrogens is 202 g/mol. The van der Waals surface area contributed by atoms with E-state index in [1.165, 1.54) is 0 Å². The van der Waals surface area contributed by atoms with Gasteiger partial charge in [-0.1, -0.05) is 31.5 Å². The van der Waals surface area contributed by atoms with E-state index in [2.05, 4.69) is 5.32 Å². The first kappa shape index (κ1) is 12.4. The Bertz CT molecular complexity index is 368. The van der Waals surface area contributed by atoms with E-state index in [9.17, 15) is 9.59 Å². The van der Waals surface area contributed by atoms with Crippen molar-refractivity contribution in [2.75, 3.05) is 0 Å². The summed E-state index contributed by atoms with van der Waals surface area (Å²) in [5.74, 6) is -0.0994. The quantitative estimate of drug-likeness (QED) is 0.787. The topological polar surface area (TPSA) is 46.2 Å². The number of benzene rings is 1. The van der Waals surface area contributed by atoms with Gasteiger partial charge in [0.1, 0.15) is 6.29 Å². The molecule has 0 bridgehead atoms. The van der Waals surface area contributed by atoms with Crippen molar-refractivity contribution in [2.24, 2.45) is 5.92 Å². The van der Waals surface area contributed by atoms with Gasteiger partial charge in [0.25, 0.3) is 5.91 Å². The summed E-state index contributed by atoms with van der Waals surface area (Å²) in [6.45, 7) is 5.76. The molecule has 86 valence electrons. The number of nitrogens with one attached hydrogen (secondary N) is 1. The summed E-state index contributed by atoms with van der Waals surface area (Å²) in [7, 11) is 0. The monoisotopic (exact) mass is 219 g/mol. The van der Waals surface area contributed by atoms with Crippen molar-refractivity contribution in [1.82, 2.24) is 5.32 Å². The number of carbonyl (C=O) groups excluding carboxylic acids is 2. The Kier molecular flexibility index (Phi) is 4.23. The summed E-state index contributed by atoms with van der Waals surface area (Å²) < 4.78 is 0. The van der Waals surface area contributed by atoms with Crippen LogP contribution in [0.15, 0.2) is 24.3 Å². The van der Waals surface area contributed by atoms with Crippen LogP contribution in [-0.2, 0) is 4.79 Å². The Labute approximate surface area is 95.9 Å². The third-order valence-electron chi connectivity index (χ3n) is 2.48. The minimum Gasteiger partial charge on any atom is -0.342 e. The van der Waals surface area contributed by atoms with Gasteiger partial charge in [0, 0.05) is 5.56 Å². The molecule has 0 fully saturated rings. The second-order valence-electron chi connectivity index (χ2n) is 4.25. The number of aryl methyl sites for hydroxylation is 1. The summed E-state index contributed by atoms with van der Waals surface area (Å²) >= 11 is 0. The van der Waals surface area contributed by atoms with Gasteiger partial charge in [-0.15, -0.1) is 0 Å². The van der Waals surface area contributed by atoms with Gasteiger partial charge in [-0.05, 0) is 25.0 Å². The number of amides is 1. The predicted molar refractivity (Wildman–Crippen MR) is 63.3 cm³/mol. The van der Waals surface area contributed by atoms with Crippen LogP contribution in [0.5, 0.6) is 0 Å². The summed E-state index contributed by atoms with van der Waals surface area (Å²) in [6, 6.07) is 6.84. The predicted octanol–water partition coefficient (Wildman–Crippen LogP) is 1.95. The molecule has 1 aromatic rings. The maximum absolute atomic E-state index is 11.8. The molecule has 0 saturated carbocycles. The number of hydrogen-bond acceptors (Lipinski definition) is 2. The zero-order valence-electron chi connectivity index (χ0n) is 9.86. The molecule has 0 heterocycles. The average Bonchev–Trinajstić information content (AvgIpc) is 2.26. The van der Waals surface area contributed by atoms with Crippen LogP contribution in [0.3, 0.4) is 0 Å². The van der Waals surface area contributed by atoms with Crippen molar-refractivity contribution in [3.05, 3.63) is 35.4 Å². The molecule has 0 saturated heterocycles. The molecule has 1 amide bonds. The first-order valence-corrected chi connectivity index (χ1v) is 5.37. The van der Waals surface area contributed by atoms with Gasteiger partial charge in [-0.2, -0.15) is 0 Å². The van der Waals surface area contributed by atoms with Crippen molar-refractivity contribution in [1.29, 1.82) is 0 Å². The summed E-state index contributed by atoms with van der Waals surface area (Å²) in [6.07, 6.45) is 0.775. The van der Waals surface area contributed by atoms with Gasteiger partial charge in [-0.3, -0.25) is 4.79 Å². The Morgan fingerprint density at radius 3 is 2.25 bits per heavy atom. The second kappa shape index (κ2) is 5.45. The smallest absolute Gasteiger partial charge is 0.251 e. The zero-order chi connectivity index (χ0) is 12.1. The molecule has 3 nitrogen and oxygen atoms in total. The molecule has 0 radical (unpaired) electrons. The number of carbonyl (C=O) groups is 2. The molecule has 0 aliphatic rings. The van der Waals surface area contributed by atoms with E-state index < -0.39 is 6.04 Å². The van der Waals surface area contributed by atoms with Crippen LogP contribution in [0, 0.1) is 12.8 Å². The molecule has 0 spiro atoms. The average molecular weight is 219 g/mol. The standard InChI is InChI=1S/C13H17NO2/c1-9(2)12(8-15)14-13(16)11-6-4-10(3)5-7-11/h4-9,12H,1-3H3,(H,14,16). The first-order chi connectivity index (χ1) is 7.54. The fourth-order valence-electron chi connectivity index (χ4n) is 1.30. The Hall–Kier alpha value is -1.64. The van der Waals surface area contributed by atoms with E-state index in [-0.39, 0.29) is 11.8 Å². The highest BCUT2D eigenvalue weighted by molar-refractivity contribution is 5.95. The lowest BCUT2D eigenvalue weighted by Gasteiger charge is -2.16. The van der Waals surface area contributed by atoms with Crippen molar-refractivity contribution in [2.45, 2.75) is 26.8 Å². The van der Waals surface area contributed by atoms with Crippen LogP contribution < -0.4 is 5.32 Å². The minimum absolute atomic E-state index is 0.104. The molecule has 0 aromatic heterocycles.